The van der Waals surface area contributed by atoms with E-state index in [-0.39, 0.29) is 12.0 Å². The normalized spacial score (nSPS) is 10.5. The Morgan fingerprint density at radius 2 is 1.90 bits per heavy atom. The second-order valence-electron chi connectivity index (χ2n) is 5.16. The number of rotatable bonds is 5. The van der Waals surface area contributed by atoms with E-state index >= 15 is 0 Å². The first-order valence-electron chi connectivity index (χ1n) is 7.26. The summed E-state index contributed by atoms with van der Waals surface area (Å²) in [6.45, 7) is 6.00. The van der Waals surface area contributed by atoms with E-state index in [9.17, 15) is 4.79 Å². The van der Waals surface area contributed by atoms with Gasteiger partial charge in [0.15, 0.2) is 0 Å². The van der Waals surface area contributed by atoms with Gasteiger partial charge >= 0.3 is 0 Å². The van der Waals surface area contributed by atoms with Crippen LogP contribution in [0.1, 0.15) is 36.7 Å². The summed E-state index contributed by atoms with van der Waals surface area (Å²) in [6, 6.07) is 15.1. The molecular formula is C18H21NO2. The summed E-state index contributed by atoms with van der Waals surface area (Å²) in [6.07, 6.45) is 0.969. The number of benzene rings is 2. The summed E-state index contributed by atoms with van der Waals surface area (Å²) in [5.74, 6) is 0.589. The molecule has 0 saturated heterocycles. The predicted molar refractivity (Wildman–Crippen MR) is 86.0 cm³/mol. The maximum Gasteiger partial charge on any atom is 0.255 e. The molecule has 110 valence electrons. The zero-order valence-electron chi connectivity index (χ0n) is 12.7. The van der Waals surface area contributed by atoms with Gasteiger partial charge in [-0.15, -0.1) is 0 Å². The van der Waals surface area contributed by atoms with Crippen LogP contribution in [0.5, 0.6) is 5.75 Å². The van der Waals surface area contributed by atoms with Crippen LogP contribution in [0.25, 0.3) is 0 Å². The largest absolute Gasteiger partial charge is 0.491 e. The van der Waals surface area contributed by atoms with E-state index in [0.29, 0.717) is 11.3 Å². The zero-order valence-corrected chi connectivity index (χ0v) is 12.7. The highest BCUT2D eigenvalue weighted by molar-refractivity contribution is 6.04. The predicted octanol–water partition coefficient (Wildman–Crippen LogP) is 4.29. The number of hydrogen-bond acceptors (Lipinski definition) is 2. The van der Waals surface area contributed by atoms with Gasteiger partial charge in [-0.3, -0.25) is 4.79 Å². The third-order valence-corrected chi connectivity index (χ3v) is 3.11. The molecule has 0 saturated carbocycles. The van der Waals surface area contributed by atoms with Crippen molar-refractivity contribution in [2.45, 2.75) is 33.3 Å². The lowest BCUT2D eigenvalue weighted by molar-refractivity contribution is 0.102. The van der Waals surface area contributed by atoms with Gasteiger partial charge < -0.3 is 10.1 Å². The molecule has 0 radical (unpaired) electrons. The van der Waals surface area contributed by atoms with Crippen molar-refractivity contribution >= 4 is 11.6 Å². The molecule has 0 aromatic heterocycles. The first-order valence-corrected chi connectivity index (χ1v) is 7.26. The number of carbonyl (C=O) groups is 1. The Morgan fingerprint density at radius 1 is 1.14 bits per heavy atom. The summed E-state index contributed by atoms with van der Waals surface area (Å²) in [5.41, 5.74) is 2.58. The van der Waals surface area contributed by atoms with E-state index in [4.69, 9.17) is 4.74 Å². The van der Waals surface area contributed by atoms with Crippen LogP contribution in [0.3, 0.4) is 0 Å². The summed E-state index contributed by atoms with van der Waals surface area (Å²) in [7, 11) is 0. The molecule has 0 heterocycles. The van der Waals surface area contributed by atoms with Crippen molar-refractivity contribution in [1.29, 1.82) is 0 Å². The van der Waals surface area contributed by atoms with Gasteiger partial charge in [0.25, 0.3) is 5.91 Å². The molecule has 3 nitrogen and oxygen atoms in total. The van der Waals surface area contributed by atoms with Crippen LogP contribution < -0.4 is 10.1 Å². The summed E-state index contributed by atoms with van der Waals surface area (Å²) < 4.78 is 5.62. The number of nitrogens with one attached hydrogen (secondary N) is 1. The molecule has 1 N–H and O–H groups in total. The molecule has 1 amide bonds. The number of ether oxygens (including phenoxy) is 1. The number of para-hydroxylation sites is 1. The number of aryl methyl sites for hydroxylation is 1. The molecule has 0 bridgehead atoms. The summed E-state index contributed by atoms with van der Waals surface area (Å²) in [5, 5.41) is 2.96. The van der Waals surface area contributed by atoms with Crippen LogP contribution in [-0.4, -0.2) is 12.0 Å². The molecule has 0 fully saturated rings. The molecule has 0 spiro atoms. The Morgan fingerprint density at radius 3 is 2.62 bits per heavy atom. The average molecular weight is 283 g/mol. The standard InChI is InChI=1S/C18H21NO2/c1-4-14-8-5-6-11-17(14)19-18(20)15-9-7-10-16(12-15)21-13(2)3/h5-13H,4H2,1-3H3,(H,19,20). The molecule has 21 heavy (non-hydrogen) atoms. The van der Waals surface area contributed by atoms with Gasteiger partial charge in [0.2, 0.25) is 0 Å². The minimum Gasteiger partial charge on any atom is -0.491 e. The molecule has 0 unspecified atom stereocenters. The third-order valence-electron chi connectivity index (χ3n) is 3.11. The molecule has 0 atom stereocenters. The number of anilines is 1. The number of hydrogen-bond donors (Lipinski definition) is 1. The highest BCUT2D eigenvalue weighted by Gasteiger charge is 2.09. The van der Waals surface area contributed by atoms with E-state index in [1.807, 2.05) is 50.2 Å². The second kappa shape index (κ2) is 6.93. The fraction of sp³-hybridized carbons (Fsp3) is 0.278. The van der Waals surface area contributed by atoms with E-state index in [1.54, 1.807) is 12.1 Å². The fourth-order valence-electron chi connectivity index (χ4n) is 2.13. The number of carbonyl (C=O) groups excluding carboxylic acids is 1. The van der Waals surface area contributed by atoms with Gasteiger partial charge in [0, 0.05) is 11.3 Å². The highest BCUT2D eigenvalue weighted by atomic mass is 16.5. The molecule has 0 aliphatic carbocycles. The van der Waals surface area contributed by atoms with Gasteiger partial charge in [-0.1, -0.05) is 31.2 Å². The second-order valence-corrected chi connectivity index (χ2v) is 5.16. The van der Waals surface area contributed by atoms with Crippen molar-refractivity contribution in [3.05, 3.63) is 59.7 Å². The Labute approximate surface area is 126 Å². The van der Waals surface area contributed by atoms with Crippen LogP contribution in [0.4, 0.5) is 5.69 Å². The maximum absolute atomic E-state index is 12.4. The Hall–Kier alpha value is -2.29. The molecular weight excluding hydrogens is 262 g/mol. The minimum absolute atomic E-state index is 0.0872. The molecule has 3 heteroatoms. The zero-order chi connectivity index (χ0) is 15.2. The van der Waals surface area contributed by atoms with Crippen molar-refractivity contribution < 1.29 is 9.53 Å². The van der Waals surface area contributed by atoms with Crippen LogP contribution >= 0.6 is 0 Å². The smallest absolute Gasteiger partial charge is 0.255 e. The van der Waals surface area contributed by atoms with E-state index in [1.165, 1.54) is 0 Å². The Bertz CT molecular complexity index is 620. The van der Waals surface area contributed by atoms with Gasteiger partial charge in [-0.25, -0.2) is 0 Å². The Kier molecular flexibility index (Phi) is 4.99. The topological polar surface area (TPSA) is 38.3 Å². The molecule has 2 aromatic carbocycles. The van der Waals surface area contributed by atoms with E-state index in [0.717, 1.165) is 17.7 Å². The van der Waals surface area contributed by atoms with Crippen molar-refractivity contribution in [1.82, 2.24) is 0 Å². The van der Waals surface area contributed by atoms with Gasteiger partial charge in [-0.05, 0) is 50.1 Å². The van der Waals surface area contributed by atoms with Gasteiger partial charge in [0.1, 0.15) is 5.75 Å². The highest BCUT2D eigenvalue weighted by Crippen LogP contribution is 2.19. The fourth-order valence-corrected chi connectivity index (χ4v) is 2.13. The maximum atomic E-state index is 12.4. The summed E-state index contributed by atoms with van der Waals surface area (Å²) in [4.78, 5) is 12.4. The van der Waals surface area contributed by atoms with E-state index < -0.39 is 0 Å². The first-order chi connectivity index (χ1) is 10.1. The lowest BCUT2D eigenvalue weighted by Gasteiger charge is -2.12. The molecule has 0 aliphatic rings. The van der Waals surface area contributed by atoms with Gasteiger partial charge in [-0.2, -0.15) is 0 Å². The van der Waals surface area contributed by atoms with Crippen LogP contribution in [0.15, 0.2) is 48.5 Å². The van der Waals surface area contributed by atoms with Crippen LogP contribution in [0, 0.1) is 0 Å². The summed E-state index contributed by atoms with van der Waals surface area (Å²) >= 11 is 0. The number of amides is 1. The third kappa shape index (κ3) is 4.09. The molecule has 2 rings (SSSR count). The lowest BCUT2D eigenvalue weighted by Crippen LogP contribution is -2.13. The quantitative estimate of drug-likeness (QED) is 0.889. The van der Waals surface area contributed by atoms with Crippen molar-refractivity contribution in [2.24, 2.45) is 0 Å². The average Bonchev–Trinajstić information content (AvgIpc) is 2.47. The minimum atomic E-state index is -0.120. The van der Waals surface area contributed by atoms with E-state index in [2.05, 4.69) is 12.2 Å². The van der Waals surface area contributed by atoms with Crippen molar-refractivity contribution in [3.8, 4) is 5.75 Å². The van der Waals surface area contributed by atoms with Gasteiger partial charge in [0.05, 0.1) is 6.10 Å². The molecule has 0 aliphatic heterocycles. The van der Waals surface area contributed by atoms with Crippen molar-refractivity contribution in [2.75, 3.05) is 5.32 Å². The molecule has 2 aromatic rings. The Balaban J connectivity index is 2.16. The lowest BCUT2D eigenvalue weighted by atomic mass is 10.1. The van der Waals surface area contributed by atoms with Crippen LogP contribution in [-0.2, 0) is 6.42 Å². The first kappa shape index (κ1) is 15.1. The monoisotopic (exact) mass is 283 g/mol. The van der Waals surface area contributed by atoms with Crippen LogP contribution in [0.2, 0.25) is 0 Å². The van der Waals surface area contributed by atoms with Crippen molar-refractivity contribution in [3.63, 3.8) is 0 Å². The SMILES string of the molecule is CCc1ccccc1NC(=O)c1cccc(OC(C)C)c1.